The zero-order valence-corrected chi connectivity index (χ0v) is 15.2. The number of sulfonamides is 1. The summed E-state index contributed by atoms with van der Waals surface area (Å²) in [4.78, 5) is 10.4. The first kappa shape index (κ1) is 16.8. The Morgan fingerprint density at radius 2 is 2.04 bits per heavy atom. The number of pyridine rings is 1. The Balaban J connectivity index is 1.47. The lowest BCUT2D eigenvalue weighted by Crippen LogP contribution is -2.49. The van der Waals surface area contributed by atoms with Crippen molar-refractivity contribution in [1.29, 1.82) is 0 Å². The number of benzene rings is 1. The van der Waals surface area contributed by atoms with E-state index in [-0.39, 0.29) is 10.9 Å². The van der Waals surface area contributed by atoms with Gasteiger partial charge in [0.05, 0.1) is 25.1 Å². The van der Waals surface area contributed by atoms with Crippen molar-refractivity contribution in [1.82, 2.24) is 28.7 Å². The van der Waals surface area contributed by atoms with Crippen LogP contribution in [-0.4, -0.2) is 46.3 Å². The topological polar surface area (TPSA) is 112 Å². The van der Waals surface area contributed by atoms with Gasteiger partial charge in [0, 0.05) is 18.9 Å². The zero-order valence-electron chi connectivity index (χ0n) is 13.5. The lowest BCUT2D eigenvalue weighted by atomic mass is 10.2. The second-order valence-corrected chi connectivity index (χ2v) is 7.84. The Labute approximate surface area is 154 Å². The van der Waals surface area contributed by atoms with Crippen LogP contribution in [0.3, 0.4) is 0 Å². The molecule has 0 atom stereocenters. The molecule has 1 aromatic carbocycles. The maximum absolute atomic E-state index is 12.7. The summed E-state index contributed by atoms with van der Waals surface area (Å²) >= 11 is 0.981. The Morgan fingerprint density at radius 3 is 2.81 bits per heavy atom. The predicted molar refractivity (Wildman–Crippen MR) is 97.8 cm³/mol. The Bertz CT molecular complexity index is 1050. The minimum Gasteiger partial charge on any atom is -0.343 e. The molecular formula is C15H15N7O2S2. The summed E-state index contributed by atoms with van der Waals surface area (Å²) in [6, 6.07) is 8.75. The number of aliphatic imine (C=N–C) groups is 1. The summed E-state index contributed by atoms with van der Waals surface area (Å²) in [5.41, 5.74) is 2.03. The van der Waals surface area contributed by atoms with Crippen molar-refractivity contribution in [3.8, 4) is 0 Å². The van der Waals surface area contributed by atoms with E-state index in [1.165, 1.54) is 6.07 Å². The van der Waals surface area contributed by atoms with Crippen molar-refractivity contribution in [3.63, 3.8) is 0 Å². The molecule has 9 nitrogen and oxygen atoms in total. The number of fused-ring (bicyclic) bond motifs is 1. The average Bonchev–Trinajstić information content (AvgIpc) is 3.12. The fourth-order valence-corrected chi connectivity index (χ4v) is 4.34. The van der Waals surface area contributed by atoms with Gasteiger partial charge in [0.1, 0.15) is 15.9 Å². The maximum Gasteiger partial charge on any atom is 0.266 e. The summed E-state index contributed by atoms with van der Waals surface area (Å²) < 4.78 is 36.0. The summed E-state index contributed by atoms with van der Waals surface area (Å²) in [7, 11) is -3.80. The molecule has 0 spiro atoms. The fourth-order valence-electron chi connectivity index (χ4n) is 2.56. The third-order valence-corrected chi connectivity index (χ3v) is 5.74. The summed E-state index contributed by atoms with van der Waals surface area (Å²) in [6.07, 6.45) is 3.48. The van der Waals surface area contributed by atoms with E-state index in [0.29, 0.717) is 30.9 Å². The smallest absolute Gasteiger partial charge is 0.266 e. The average molecular weight is 389 g/mol. The van der Waals surface area contributed by atoms with Gasteiger partial charge in [0.2, 0.25) is 5.96 Å². The van der Waals surface area contributed by atoms with Crippen molar-refractivity contribution in [2.75, 3.05) is 13.3 Å². The molecule has 2 N–H and O–H groups in total. The number of guanidine groups is 1. The van der Waals surface area contributed by atoms with E-state index in [4.69, 9.17) is 0 Å². The van der Waals surface area contributed by atoms with Gasteiger partial charge in [0.15, 0.2) is 0 Å². The van der Waals surface area contributed by atoms with E-state index < -0.39 is 10.0 Å². The van der Waals surface area contributed by atoms with Gasteiger partial charge < -0.3 is 5.32 Å². The van der Waals surface area contributed by atoms with Crippen molar-refractivity contribution in [2.24, 2.45) is 4.99 Å². The molecule has 0 saturated carbocycles. The zero-order chi connectivity index (χ0) is 18.0. The molecule has 0 bridgehead atoms. The van der Waals surface area contributed by atoms with Crippen molar-refractivity contribution < 1.29 is 8.42 Å². The van der Waals surface area contributed by atoms with Gasteiger partial charge in [0.25, 0.3) is 10.0 Å². The van der Waals surface area contributed by atoms with Crippen LogP contribution in [-0.2, 0) is 16.6 Å². The van der Waals surface area contributed by atoms with Gasteiger partial charge in [-0.05, 0) is 29.8 Å². The van der Waals surface area contributed by atoms with Crippen LogP contribution in [0.25, 0.3) is 11.0 Å². The molecule has 11 heteroatoms. The van der Waals surface area contributed by atoms with Gasteiger partial charge in [-0.25, -0.2) is 18.1 Å². The van der Waals surface area contributed by atoms with E-state index in [9.17, 15) is 8.42 Å². The lowest BCUT2D eigenvalue weighted by molar-refractivity contribution is 0.255. The first-order chi connectivity index (χ1) is 12.6. The summed E-state index contributed by atoms with van der Waals surface area (Å²) in [6.45, 7) is 1.56. The van der Waals surface area contributed by atoms with Gasteiger partial charge in [-0.3, -0.25) is 9.88 Å². The van der Waals surface area contributed by atoms with Crippen LogP contribution in [0.2, 0.25) is 0 Å². The van der Waals surface area contributed by atoms with E-state index >= 15 is 0 Å². The van der Waals surface area contributed by atoms with Crippen LogP contribution >= 0.6 is 11.7 Å². The molecule has 0 aliphatic carbocycles. The molecular weight excluding hydrogens is 374 g/mol. The molecule has 2 aromatic heterocycles. The molecule has 1 aliphatic rings. The number of hydrogen-bond acceptors (Lipinski definition) is 9. The second kappa shape index (κ2) is 6.94. The van der Waals surface area contributed by atoms with Crippen molar-refractivity contribution >= 4 is 38.7 Å². The van der Waals surface area contributed by atoms with E-state index in [2.05, 4.69) is 28.8 Å². The Hall–Kier alpha value is -2.63. The molecule has 0 amide bonds. The minimum atomic E-state index is -3.80. The predicted octanol–water partition coefficient (Wildman–Crippen LogP) is 0.741. The van der Waals surface area contributed by atoms with Crippen molar-refractivity contribution in [2.45, 2.75) is 11.4 Å². The number of hydrogen-bond donors (Lipinski definition) is 2. The molecule has 3 aromatic rings. The molecule has 0 saturated heterocycles. The largest absolute Gasteiger partial charge is 0.343 e. The number of aromatic nitrogens is 3. The van der Waals surface area contributed by atoms with Gasteiger partial charge in [-0.2, -0.15) is 8.75 Å². The molecule has 0 unspecified atom stereocenters. The monoisotopic (exact) mass is 389 g/mol. The van der Waals surface area contributed by atoms with E-state index in [1.54, 1.807) is 24.5 Å². The Morgan fingerprint density at radius 1 is 1.19 bits per heavy atom. The highest BCUT2D eigenvalue weighted by molar-refractivity contribution is 7.90. The second-order valence-electron chi connectivity index (χ2n) is 5.66. The third-order valence-electron chi connectivity index (χ3n) is 3.82. The van der Waals surface area contributed by atoms with Crippen LogP contribution in [0.4, 0.5) is 0 Å². The normalized spacial score (nSPS) is 15.5. The lowest BCUT2D eigenvalue weighted by Gasteiger charge is -2.26. The highest BCUT2D eigenvalue weighted by atomic mass is 32.2. The van der Waals surface area contributed by atoms with Crippen LogP contribution in [0.1, 0.15) is 5.56 Å². The highest BCUT2D eigenvalue weighted by Gasteiger charge is 2.23. The van der Waals surface area contributed by atoms with Crippen LogP contribution in [0.5, 0.6) is 0 Å². The van der Waals surface area contributed by atoms with Gasteiger partial charge in [-0.1, -0.05) is 6.07 Å². The maximum atomic E-state index is 12.7. The molecule has 0 radical (unpaired) electrons. The third kappa shape index (κ3) is 3.49. The minimum absolute atomic E-state index is 0.0902. The van der Waals surface area contributed by atoms with E-state index in [1.807, 2.05) is 17.0 Å². The highest BCUT2D eigenvalue weighted by Crippen LogP contribution is 2.20. The first-order valence-electron chi connectivity index (χ1n) is 7.75. The number of nitrogens with one attached hydrogen (secondary N) is 2. The first-order valence-corrected chi connectivity index (χ1v) is 9.97. The van der Waals surface area contributed by atoms with Crippen LogP contribution in [0, 0.1) is 0 Å². The van der Waals surface area contributed by atoms with Crippen LogP contribution in [0.15, 0.2) is 52.6 Å². The fraction of sp³-hybridized carbons (Fsp3) is 0.200. The standard InChI is InChI=1S/C15H15N7O2S2/c23-26(24,13-3-1-2-12-14(13)20-25-19-12)21-15-17-9-22(10-18-15)8-11-4-6-16-7-5-11/h1-7H,8-10H2,(H2,17,18,21). The van der Waals surface area contributed by atoms with E-state index in [0.717, 1.165) is 17.3 Å². The van der Waals surface area contributed by atoms with Crippen LogP contribution < -0.4 is 10.0 Å². The van der Waals surface area contributed by atoms with Crippen molar-refractivity contribution in [3.05, 3.63) is 48.3 Å². The summed E-state index contributed by atoms with van der Waals surface area (Å²) in [5, 5.41) is 2.99. The Kier molecular flexibility index (Phi) is 4.49. The summed E-state index contributed by atoms with van der Waals surface area (Å²) in [5.74, 6) is 0.219. The molecule has 1 aliphatic heterocycles. The molecule has 3 heterocycles. The number of nitrogens with zero attached hydrogens (tertiary/aromatic N) is 5. The molecule has 134 valence electrons. The van der Waals surface area contributed by atoms with Gasteiger partial charge >= 0.3 is 0 Å². The SMILES string of the molecule is O=S(=O)(NC1=NCN(Cc2ccncc2)CN1)c1cccc2nsnc12. The van der Waals surface area contributed by atoms with Gasteiger partial charge in [-0.15, -0.1) is 0 Å². The molecule has 0 fully saturated rings. The quantitative estimate of drug-likeness (QED) is 0.677. The molecule has 26 heavy (non-hydrogen) atoms. The number of rotatable bonds is 4. The molecule has 4 rings (SSSR count).